The van der Waals surface area contributed by atoms with Crippen molar-refractivity contribution >= 4 is 50.0 Å². The maximum Gasteiger partial charge on any atom is 0.421 e. The molecule has 0 bridgehead atoms. The molecule has 0 unspecified atom stereocenters. The van der Waals surface area contributed by atoms with Crippen LogP contribution in [0.25, 0.3) is 22.0 Å². The molecule has 1 N–H and O–H groups in total. The second kappa shape index (κ2) is 18.6. The molecular weight excluding hydrogens is 757 g/mol. The zero-order valence-corrected chi connectivity index (χ0v) is 34.4. The molecule has 12 heteroatoms. The first-order chi connectivity index (χ1) is 27.5. The Labute approximate surface area is 338 Å². The molecule has 2 amide bonds. The topological polar surface area (TPSA) is 128 Å². The number of sulfonamides is 1. The van der Waals surface area contributed by atoms with Gasteiger partial charge in [-0.1, -0.05) is 107 Å². The number of hydrogen-bond donors (Lipinski definition) is 1. The smallest absolute Gasteiger partial charge is 0.421 e. The Morgan fingerprint density at radius 3 is 2.25 bits per heavy atom. The number of ether oxygens (including phenoxy) is 1. The van der Waals surface area contributed by atoms with Gasteiger partial charge in [0.2, 0.25) is 0 Å². The monoisotopic (exact) mass is 804 g/mol. The quantitative estimate of drug-likeness (QED) is 0.0966. The highest BCUT2D eigenvalue weighted by molar-refractivity contribution is 7.92. The lowest BCUT2D eigenvalue weighted by molar-refractivity contribution is 0.0985. The number of anilines is 1. The average molecular weight is 805 g/mol. The van der Waals surface area contributed by atoms with Gasteiger partial charge in [0.15, 0.2) is 0 Å². The van der Waals surface area contributed by atoms with E-state index in [4.69, 9.17) is 9.72 Å². The number of carbonyl (C=O) groups is 2. The van der Waals surface area contributed by atoms with Crippen molar-refractivity contribution in [1.29, 1.82) is 0 Å². The highest BCUT2D eigenvalue weighted by Gasteiger charge is 2.27. The summed E-state index contributed by atoms with van der Waals surface area (Å²) in [6, 6.07) is 33.5. The maximum atomic E-state index is 14.4. The third kappa shape index (κ3) is 10.1. The predicted octanol–water partition coefficient (Wildman–Crippen LogP) is 9.39. The molecule has 0 spiro atoms. The number of nitrogens with zero attached hydrogens (tertiary/aromatic N) is 3. The van der Waals surface area contributed by atoms with Crippen molar-refractivity contribution in [3.05, 3.63) is 147 Å². The molecule has 4 aromatic carbocycles. The number of nitrogens with one attached hydrogen (secondary N) is 1. The van der Waals surface area contributed by atoms with Crippen LogP contribution in [0.3, 0.4) is 0 Å². The van der Waals surface area contributed by atoms with Gasteiger partial charge >= 0.3 is 6.09 Å². The van der Waals surface area contributed by atoms with E-state index in [2.05, 4.69) is 18.6 Å². The van der Waals surface area contributed by atoms with E-state index in [1.165, 1.54) is 0 Å². The minimum absolute atomic E-state index is 0.0429. The third-order valence-corrected chi connectivity index (χ3v) is 12.4. The summed E-state index contributed by atoms with van der Waals surface area (Å²) in [4.78, 5) is 48.3. The summed E-state index contributed by atoms with van der Waals surface area (Å²) in [7, 11) is -4.22. The molecule has 6 rings (SSSR count). The van der Waals surface area contributed by atoms with Crippen LogP contribution in [-0.4, -0.2) is 36.6 Å². The molecule has 2 aromatic heterocycles. The number of aryl methyl sites for hydroxylation is 1. The van der Waals surface area contributed by atoms with Crippen molar-refractivity contribution in [1.82, 2.24) is 14.3 Å². The summed E-state index contributed by atoms with van der Waals surface area (Å²) >= 11 is 1.14. The number of thiophene rings is 1. The largest absolute Gasteiger partial charge is 0.449 e. The molecule has 296 valence electrons. The van der Waals surface area contributed by atoms with Crippen LogP contribution in [0.5, 0.6) is 0 Å². The first-order valence-electron chi connectivity index (χ1n) is 19.3. The van der Waals surface area contributed by atoms with Gasteiger partial charge in [-0.25, -0.2) is 22.9 Å². The molecule has 0 fully saturated rings. The Kier molecular flexibility index (Phi) is 13.4. The minimum atomic E-state index is -4.22. The van der Waals surface area contributed by atoms with E-state index in [1.54, 1.807) is 33.7 Å². The fraction of sp³-hybridized carbons (Fsp3) is 0.289. The summed E-state index contributed by atoms with van der Waals surface area (Å²) in [5.74, 6) is 0.755. The van der Waals surface area contributed by atoms with Crippen molar-refractivity contribution in [2.45, 2.75) is 77.1 Å². The number of benzene rings is 4. The molecule has 10 nitrogen and oxygen atoms in total. The predicted molar refractivity (Wildman–Crippen MR) is 227 cm³/mol. The van der Waals surface area contributed by atoms with Crippen molar-refractivity contribution in [3.8, 4) is 11.1 Å². The fourth-order valence-electron chi connectivity index (χ4n) is 6.58. The van der Waals surface area contributed by atoms with E-state index in [0.29, 0.717) is 70.8 Å². The van der Waals surface area contributed by atoms with Crippen LogP contribution in [0.1, 0.15) is 79.1 Å². The van der Waals surface area contributed by atoms with Crippen molar-refractivity contribution in [2.75, 3.05) is 11.5 Å². The average Bonchev–Trinajstić information content (AvgIpc) is 3.63. The van der Waals surface area contributed by atoms with Gasteiger partial charge in [-0.05, 0) is 78.3 Å². The molecule has 0 radical (unpaired) electrons. The number of aromatic nitrogens is 2. The highest BCUT2D eigenvalue weighted by atomic mass is 32.2. The fourth-order valence-corrected chi connectivity index (χ4v) is 9.42. The first-order valence-corrected chi connectivity index (χ1v) is 21.6. The van der Waals surface area contributed by atoms with Crippen LogP contribution < -0.4 is 15.2 Å². The van der Waals surface area contributed by atoms with Crippen LogP contribution >= 0.6 is 11.3 Å². The maximum absolute atomic E-state index is 14.4. The zero-order chi connectivity index (χ0) is 40.5. The Balaban J connectivity index is 1.34. The lowest BCUT2D eigenvalue weighted by atomic mass is 10.0. The second-order valence-electron chi connectivity index (χ2n) is 14.4. The summed E-state index contributed by atoms with van der Waals surface area (Å²) in [5, 5.41) is 0.398. The number of amides is 2. The molecule has 0 atom stereocenters. The number of carbonyl (C=O) groups excluding carboxylic acids is 2. The van der Waals surface area contributed by atoms with E-state index >= 15 is 0 Å². The SMILES string of the molecule is CCCCOC(=O)NS(=O)(=O)c1sc(CC(C)C)cc1-c1ccc(Cn2c(CCC)nc3ccc(N(Cc4ccccc4)C(=O)c4ccccc4)cc3c2=O)cc1. The van der Waals surface area contributed by atoms with Gasteiger partial charge in [-0.15, -0.1) is 11.3 Å². The third-order valence-electron chi connectivity index (χ3n) is 9.41. The van der Waals surface area contributed by atoms with Gasteiger partial charge in [-0.2, -0.15) is 0 Å². The summed E-state index contributed by atoms with van der Waals surface area (Å²) in [6.07, 6.45) is 2.48. The lowest BCUT2D eigenvalue weighted by Gasteiger charge is -2.24. The van der Waals surface area contributed by atoms with Crippen LogP contribution in [0.15, 0.2) is 118 Å². The normalized spacial score (nSPS) is 11.5. The van der Waals surface area contributed by atoms with Gasteiger partial charge < -0.3 is 9.64 Å². The summed E-state index contributed by atoms with van der Waals surface area (Å²) < 4.78 is 35.9. The Morgan fingerprint density at radius 2 is 1.58 bits per heavy atom. The molecule has 0 aliphatic carbocycles. The van der Waals surface area contributed by atoms with Gasteiger partial charge in [-0.3, -0.25) is 14.2 Å². The lowest BCUT2D eigenvalue weighted by Crippen LogP contribution is -2.31. The first kappa shape index (κ1) is 41.1. The van der Waals surface area contributed by atoms with Crippen molar-refractivity contribution < 1.29 is 22.7 Å². The van der Waals surface area contributed by atoms with Gasteiger partial charge in [0.1, 0.15) is 10.0 Å². The molecule has 0 saturated carbocycles. The Hall–Kier alpha value is -5.59. The van der Waals surface area contributed by atoms with Crippen molar-refractivity contribution in [2.24, 2.45) is 5.92 Å². The van der Waals surface area contributed by atoms with E-state index in [-0.39, 0.29) is 28.8 Å². The molecule has 2 heterocycles. The Bertz CT molecular complexity index is 2500. The summed E-state index contributed by atoms with van der Waals surface area (Å²) in [6.45, 7) is 8.79. The van der Waals surface area contributed by atoms with E-state index in [9.17, 15) is 22.8 Å². The molecule has 0 aliphatic rings. The van der Waals surface area contributed by atoms with E-state index in [1.807, 2.05) is 98.8 Å². The van der Waals surface area contributed by atoms with E-state index in [0.717, 1.165) is 40.2 Å². The molecular formula is C45H48N4O6S2. The van der Waals surface area contributed by atoms with Crippen molar-refractivity contribution in [3.63, 3.8) is 0 Å². The van der Waals surface area contributed by atoms with Crippen LogP contribution in [0, 0.1) is 5.92 Å². The van der Waals surface area contributed by atoms with Gasteiger partial charge in [0.05, 0.1) is 30.6 Å². The van der Waals surface area contributed by atoms with Gasteiger partial charge in [0, 0.05) is 28.1 Å². The number of hydrogen-bond acceptors (Lipinski definition) is 8. The number of unbranched alkanes of at least 4 members (excludes halogenated alkanes) is 1. The number of rotatable bonds is 16. The van der Waals surface area contributed by atoms with E-state index < -0.39 is 16.1 Å². The molecule has 0 saturated heterocycles. The summed E-state index contributed by atoms with van der Waals surface area (Å²) in [5.41, 5.74) is 4.37. The zero-order valence-electron chi connectivity index (χ0n) is 32.7. The minimum Gasteiger partial charge on any atom is -0.449 e. The van der Waals surface area contributed by atoms with Crippen LogP contribution in [-0.2, 0) is 40.7 Å². The Morgan fingerprint density at radius 1 is 0.877 bits per heavy atom. The number of fused-ring (bicyclic) bond motifs is 1. The highest BCUT2D eigenvalue weighted by Crippen LogP contribution is 2.36. The van der Waals surface area contributed by atoms with Crippen LogP contribution in [0.2, 0.25) is 0 Å². The second-order valence-corrected chi connectivity index (χ2v) is 17.4. The molecule has 0 aliphatic heterocycles. The molecule has 57 heavy (non-hydrogen) atoms. The molecule has 6 aromatic rings. The standard InChI is InChI=1S/C45H48N4O6S2/c1-5-7-25-55-45(52)47-57(53,54)44-38(28-37(56-44)26-31(3)4)34-21-19-33(20-22-34)30-49-41(14-6-2)46-40-24-23-36(27-39(40)43(49)51)48(29-32-15-10-8-11-16-32)42(50)35-17-12-9-13-18-35/h8-13,15-24,27-28,31H,5-7,14,25-26,29-30H2,1-4H3,(H,47,52). The van der Waals surface area contributed by atoms with Crippen LogP contribution in [0.4, 0.5) is 10.5 Å². The van der Waals surface area contributed by atoms with Gasteiger partial charge in [0.25, 0.3) is 21.5 Å².